The van der Waals surface area contributed by atoms with Crippen LogP contribution in [0.25, 0.3) is 0 Å². The van der Waals surface area contributed by atoms with Crippen LogP contribution in [0.2, 0.25) is 5.02 Å². The number of hydrogen-bond donors (Lipinski definition) is 2. The molecule has 3 N–H and O–H groups in total. The van der Waals surface area contributed by atoms with E-state index in [0.29, 0.717) is 35.2 Å². The Labute approximate surface area is 128 Å². The predicted octanol–water partition coefficient (Wildman–Crippen LogP) is 2.99. The van der Waals surface area contributed by atoms with E-state index in [1.54, 1.807) is 18.2 Å². The van der Waals surface area contributed by atoms with Gasteiger partial charge >= 0.3 is 0 Å². The molecule has 1 aromatic carbocycles. The molecule has 1 aliphatic rings. The van der Waals surface area contributed by atoms with Crippen LogP contribution in [-0.4, -0.2) is 18.0 Å². The van der Waals surface area contributed by atoms with Gasteiger partial charge in [0.25, 0.3) is 0 Å². The molecule has 6 heteroatoms. The number of rotatable bonds is 4. The number of nitrogens with two attached hydrogens (primary N) is 1. The summed E-state index contributed by atoms with van der Waals surface area (Å²) in [5, 5.41) is 3.35. The maximum atomic E-state index is 12.5. The Morgan fingerprint density at radius 3 is 2.70 bits per heavy atom. The number of nitrogens with one attached hydrogen (secondary N) is 1. The quantitative estimate of drug-likeness (QED) is 0.839. The Balaban J connectivity index is 2.23. The highest BCUT2D eigenvalue weighted by molar-refractivity contribution is 7.80. The summed E-state index contributed by atoms with van der Waals surface area (Å²) in [4.78, 5) is 12.8. The molecule has 0 atom stereocenters. The molecule has 4 nitrogen and oxygen atoms in total. The summed E-state index contributed by atoms with van der Waals surface area (Å²) in [6.07, 6.45) is 1.36. The van der Waals surface area contributed by atoms with Crippen molar-refractivity contribution < 1.29 is 9.53 Å². The maximum absolute atomic E-state index is 12.5. The smallest absolute Gasteiger partial charge is 0.237 e. The van der Waals surface area contributed by atoms with Gasteiger partial charge in [-0.05, 0) is 37.0 Å². The van der Waals surface area contributed by atoms with Gasteiger partial charge in [0.1, 0.15) is 5.75 Å². The third-order valence-corrected chi connectivity index (χ3v) is 4.34. The fourth-order valence-electron chi connectivity index (χ4n) is 2.65. The standard InChI is InChI=1S/C14H17ClN2O2S/c1-8-6-14(7-8,12(16)20)13(18)17-10-5-9(15)3-4-11(10)19-2/h3-5,8H,6-7H2,1-2H3,(H2,16,20)(H,17,18). The SMILES string of the molecule is COc1ccc(Cl)cc1NC(=O)C1(C(N)=S)CC(C)C1. The lowest BCUT2D eigenvalue weighted by Gasteiger charge is -2.44. The molecule has 0 radical (unpaired) electrons. The molecule has 0 aromatic heterocycles. The number of anilines is 1. The minimum Gasteiger partial charge on any atom is -0.495 e. The highest BCUT2D eigenvalue weighted by Gasteiger charge is 2.51. The van der Waals surface area contributed by atoms with Crippen LogP contribution in [0.15, 0.2) is 18.2 Å². The molecule has 108 valence electrons. The number of carbonyl (C=O) groups excluding carboxylic acids is 1. The van der Waals surface area contributed by atoms with Gasteiger partial charge in [-0.2, -0.15) is 0 Å². The van der Waals surface area contributed by atoms with Crippen molar-refractivity contribution in [3.63, 3.8) is 0 Å². The van der Waals surface area contributed by atoms with Crippen LogP contribution in [0.1, 0.15) is 19.8 Å². The van der Waals surface area contributed by atoms with E-state index in [0.717, 1.165) is 0 Å². The first-order valence-electron chi connectivity index (χ1n) is 6.34. The van der Waals surface area contributed by atoms with E-state index in [1.807, 2.05) is 0 Å². The van der Waals surface area contributed by atoms with Crippen LogP contribution in [0, 0.1) is 11.3 Å². The molecule has 0 aliphatic heterocycles. The number of hydrogen-bond acceptors (Lipinski definition) is 3. The predicted molar refractivity (Wildman–Crippen MR) is 84.3 cm³/mol. The first-order chi connectivity index (χ1) is 9.39. The van der Waals surface area contributed by atoms with E-state index in [4.69, 9.17) is 34.3 Å². The minimum absolute atomic E-state index is 0.191. The molecule has 0 heterocycles. The first kappa shape index (κ1) is 15.1. The van der Waals surface area contributed by atoms with Gasteiger partial charge in [0.15, 0.2) is 0 Å². The molecule has 1 fully saturated rings. The second-order valence-electron chi connectivity index (χ2n) is 5.26. The Hall–Kier alpha value is -1.33. The van der Waals surface area contributed by atoms with Gasteiger partial charge in [-0.15, -0.1) is 0 Å². The molecule has 0 bridgehead atoms. The molecule has 20 heavy (non-hydrogen) atoms. The summed E-state index contributed by atoms with van der Waals surface area (Å²) in [7, 11) is 1.54. The summed E-state index contributed by atoms with van der Waals surface area (Å²) in [6, 6.07) is 5.05. The Morgan fingerprint density at radius 2 is 2.20 bits per heavy atom. The Morgan fingerprint density at radius 1 is 1.55 bits per heavy atom. The van der Waals surface area contributed by atoms with Crippen molar-refractivity contribution in [2.24, 2.45) is 17.1 Å². The second-order valence-corrected chi connectivity index (χ2v) is 6.13. The topological polar surface area (TPSA) is 64.3 Å². The van der Waals surface area contributed by atoms with E-state index < -0.39 is 5.41 Å². The van der Waals surface area contributed by atoms with Gasteiger partial charge in [-0.25, -0.2) is 0 Å². The fraction of sp³-hybridized carbons (Fsp3) is 0.429. The summed E-state index contributed by atoms with van der Waals surface area (Å²) >= 11 is 11.0. The Bertz CT molecular complexity index is 556. The van der Waals surface area contributed by atoms with Gasteiger partial charge in [-0.3, -0.25) is 4.79 Å². The van der Waals surface area contributed by atoms with E-state index in [-0.39, 0.29) is 10.9 Å². The van der Waals surface area contributed by atoms with Crippen molar-refractivity contribution in [2.45, 2.75) is 19.8 Å². The van der Waals surface area contributed by atoms with E-state index in [1.165, 1.54) is 7.11 Å². The van der Waals surface area contributed by atoms with Crippen molar-refractivity contribution in [3.8, 4) is 5.75 Å². The zero-order valence-corrected chi connectivity index (χ0v) is 13.0. The van der Waals surface area contributed by atoms with Crippen LogP contribution in [0.3, 0.4) is 0 Å². The van der Waals surface area contributed by atoms with Gasteiger partial charge in [0.05, 0.1) is 23.2 Å². The molecule has 2 rings (SSSR count). The monoisotopic (exact) mass is 312 g/mol. The normalized spacial score (nSPS) is 24.6. The summed E-state index contributed by atoms with van der Waals surface area (Å²) in [5.41, 5.74) is 5.54. The highest BCUT2D eigenvalue weighted by atomic mass is 35.5. The third kappa shape index (κ3) is 2.60. The summed E-state index contributed by atoms with van der Waals surface area (Å²) < 4.78 is 5.21. The summed E-state index contributed by atoms with van der Waals surface area (Å²) in [6.45, 7) is 2.07. The number of amides is 1. The van der Waals surface area contributed by atoms with Crippen LogP contribution in [0.5, 0.6) is 5.75 Å². The molecular formula is C14H17ClN2O2S. The number of halogens is 1. The summed E-state index contributed by atoms with van der Waals surface area (Å²) in [5.74, 6) is 0.806. The number of thiocarbonyl (C=S) groups is 1. The van der Waals surface area contributed by atoms with E-state index in [2.05, 4.69) is 12.2 Å². The van der Waals surface area contributed by atoms with Gasteiger partial charge in [0.2, 0.25) is 5.91 Å². The maximum Gasteiger partial charge on any atom is 0.237 e. The zero-order valence-electron chi connectivity index (χ0n) is 11.4. The lowest BCUT2D eigenvalue weighted by molar-refractivity contribution is -0.127. The van der Waals surface area contributed by atoms with Gasteiger partial charge in [0, 0.05) is 5.02 Å². The molecule has 1 saturated carbocycles. The number of methoxy groups -OCH3 is 1. The molecule has 0 spiro atoms. The average molecular weight is 313 g/mol. The Kier molecular flexibility index (Phi) is 4.20. The lowest BCUT2D eigenvalue weighted by atomic mass is 9.62. The molecule has 1 aliphatic carbocycles. The average Bonchev–Trinajstić information content (AvgIpc) is 2.34. The minimum atomic E-state index is -0.748. The van der Waals surface area contributed by atoms with Gasteiger partial charge in [-0.1, -0.05) is 30.7 Å². The van der Waals surface area contributed by atoms with Crippen LogP contribution in [0.4, 0.5) is 5.69 Å². The first-order valence-corrected chi connectivity index (χ1v) is 7.12. The number of ether oxygens (including phenoxy) is 1. The molecular weight excluding hydrogens is 296 g/mol. The highest BCUT2D eigenvalue weighted by Crippen LogP contribution is 2.47. The van der Waals surface area contributed by atoms with Crippen molar-refractivity contribution in [3.05, 3.63) is 23.2 Å². The van der Waals surface area contributed by atoms with Crippen molar-refractivity contribution in [2.75, 3.05) is 12.4 Å². The van der Waals surface area contributed by atoms with Crippen molar-refractivity contribution >= 4 is 40.4 Å². The number of carbonyl (C=O) groups is 1. The van der Waals surface area contributed by atoms with E-state index in [9.17, 15) is 4.79 Å². The van der Waals surface area contributed by atoms with E-state index >= 15 is 0 Å². The zero-order chi connectivity index (χ0) is 14.9. The van der Waals surface area contributed by atoms with Crippen LogP contribution in [-0.2, 0) is 4.79 Å². The number of benzene rings is 1. The lowest BCUT2D eigenvalue weighted by Crippen LogP contribution is -2.53. The second kappa shape index (κ2) is 5.58. The molecule has 0 unspecified atom stereocenters. The molecule has 1 aromatic rings. The fourth-order valence-corrected chi connectivity index (χ4v) is 3.08. The van der Waals surface area contributed by atoms with Gasteiger partial charge < -0.3 is 15.8 Å². The molecule has 0 saturated heterocycles. The third-order valence-electron chi connectivity index (χ3n) is 3.71. The largest absolute Gasteiger partial charge is 0.495 e. The van der Waals surface area contributed by atoms with Crippen LogP contribution >= 0.6 is 23.8 Å². The molecule has 1 amide bonds. The van der Waals surface area contributed by atoms with Crippen molar-refractivity contribution in [1.82, 2.24) is 0 Å². The van der Waals surface area contributed by atoms with Crippen LogP contribution < -0.4 is 15.8 Å². The van der Waals surface area contributed by atoms with Crippen molar-refractivity contribution in [1.29, 1.82) is 0 Å².